The predicted molar refractivity (Wildman–Crippen MR) is 67.7 cm³/mol. The van der Waals surface area contributed by atoms with Crippen molar-refractivity contribution >= 4 is 0 Å². The highest BCUT2D eigenvalue weighted by Crippen LogP contribution is 1.99. The Labute approximate surface area is 104 Å². The molecule has 0 aliphatic heterocycles. The van der Waals surface area contributed by atoms with E-state index in [1.807, 2.05) is 24.7 Å². The lowest BCUT2D eigenvalue weighted by atomic mass is 10.4. The smallest absolute Gasteiger partial charge is 0.0967 e. The van der Waals surface area contributed by atoms with Gasteiger partial charge in [0.15, 0.2) is 0 Å². The Morgan fingerprint density at radius 1 is 1.47 bits per heavy atom. The van der Waals surface area contributed by atoms with Crippen LogP contribution in [0, 0.1) is 0 Å². The van der Waals surface area contributed by atoms with E-state index in [0.717, 1.165) is 31.7 Å². The summed E-state index contributed by atoms with van der Waals surface area (Å²) in [6.45, 7) is 9.64. The van der Waals surface area contributed by atoms with Crippen LogP contribution in [0.1, 0.15) is 32.9 Å². The molecule has 0 saturated heterocycles. The van der Waals surface area contributed by atoms with E-state index in [1.165, 1.54) is 0 Å². The van der Waals surface area contributed by atoms with E-state index in [9.17, 15) is 0 Å². The van der Waals surface area contributed by atoms with Gasteiger partial charge >= 0.3 is 0 Å². The molecule has 17 heavy (non-hydrogen) atoms. The molecule has 0 fully saturated rings. The summed E-state index contributed by atoms with van der Waals surface area (Å²) >= 11 is 0. The Morgan fingerprint density at radius 3 is 2.88 bits per heavy atom. The first-order valence-electron chi connectivity index (χ1n) is 6.31. The minimum Gasteiger partial charge on any atom is -0.377 e. The highest BCUT2D eigenvalue weighted by Gasteiger charge is 2.04. The lowest BCUT2D eigenvalue weighted by molar-refractivity contribution is 0.0707. The molecule has 0 bridgehead atoms. The third-order valence-electron chi connectivity index (χ3n) is 2.39. The van der Waals surface area contributed by atoms with Gasteiger partial charge in [0.2, 0.25) is 0 Å². The van der Waals surface area contributed by atoms with E-state index < -0.39 is 0 Å². The van der Waals surface area contributed by atoms with E-state index in [0.29, 0.717) is 6.61 Å². The van der Waals surface area contributed by atoms with Crippen molar-refractivity contribution in [2.24, 2.45) is 0 Å². The minimum absolute atomic E-state index is 0.272. The van der Waals surface area contributed by atoms with E-state index in [1.54, 1.807) is 0 Å². The van der Waals surface area contributed by atoms with Gasteiger partial charge in [-0.25, -0.2) is 4.68 Å². The number of hydrogen-bond donors (Lipinski definition) is 0. The van der Waals surface area contributed by atoms with E-state index in [2.05, 4.69) is 29.2 Å². The first-order chi connectivity index (χ1) is 8.11. The maximum Gasteiger partial charge on any atom is 0.0967 e. The number of ether oxygens (including phenoxy) is 1. The summed E-state index contributed by atoms with van der Waals surface area (Å²) < 4.78 is 7.32. The fourth-order valence-electron chi connectivity index (χ4n) is 1.64. The topological polar surface area (TPSA) is 43.2 Å². The van der Waals surface area contributed by atoms with Gasteiger partial charge in [0.05, 0.1) is 24.9 Å². The molecule has 1 rings (SSSR count). The van der Waals surface area contributed by atoms with Gasteiger partial charge in [-0.2, -0.15) is 0 Å². The highest BCUT2D eigenvalue weighted by molar-refractivity contribution is 4.91. The van der Waals surface area contributed by atoms with Crippen molar-refractivity contribution in [2.75, 3.05) is 20.2 Å². The predicted octanol–water partition coefficient (Wildman–Crippen LogP) is 1.54. The van der Waals surface area contributed by atoms with Crippen molar-refractivity contribution in [3.63, 3.8) is 0 Å². The largest absolute Gasteiger partial charge is 0.377 e. The molecule has 98 valence electrons. The van der Waals surface area contributed by atoms with Crippen molar-refractivity contribution in [3.05, 3.63) is 11.9 Å². The number of aromatic nitrogens is 3. The van der Waals surface area contributed by atoms with Crippen LogP contribution in [-0.4, -0.2) is 46.2 Å². The van der Waals surface area contributed by atoms with Crippen LogP contribution in [-0.2, 0) is 17.8 Å². The molecule has 0 aromatic carbocycles. The van der Waals surface area contributed by atoms with Crippen LogP contribution in [0.25, 0.3) is 0 Å². The highest BCUT2D eigenvalue weighted by atomic mass is 16.5. The Kier molecular flexibility index (Phi) is 6.15. The third kappa shape index (κ3) is 5.79. The van der Waals surface area contributed by atoms with E-state index >= 15 is 0 Å². The Balaban J connectivity index is 2.32. The lowest BCUT2D eigenvalue weighted by Crippen LogP contribution is -2.18. The fraction of sp³-hybridized carbons (Fsp3) is 0.833. The molecular weight excluding hydrogens is 216 g/mol. The molecule has 0 saturated carbocycles. The molecule has 0 spiro atoms. The lowest BCUT2D eigenvalue weighted by Gasteiger charge is -2.12. The summed E-state index contributed by atoms with van der Waals surface area (Å²) in [5.41, 5.74) is 1.02. The molecule has 0 unspecified atom stereocenters. The molecule has 0 aliphatic carbocycles. The van der Waals surface area contributed by atoms with Crippen molar-refractivity contribution in [2.45, 2.75) is 46.4 Å². The van der Waals surface area contributed by atoms with Crippen LogP contribution in [0.2, 0.25) is 0 Å². The zero-order chi connectivity index (χ0) is 12.7. The average Bonchev–Trinajstić information content (AvgIpc) is 2.65. The molecule has 0 atom stereocenters. The fourth-order valence-corrected chi connectivity index (χ4v) is 1.64. The monoisotopic (exact) mass is 240 g/mol. The van der Waals surface area contributed by atoms with Gasteiger partial charge in [0, 0.05) is 12.7 Å². The zero-order valence-electron chi connectivity index (χ0n) is 11.4. The SMILES string of the molecule is CCCN(C)Cc1cn(CCOC(C)C)nn1. The van der Waals surface area contributed by atoms with Gasteiger partial charge < -0.3 is 9.64 Å². The van der Waals surface area contributed by atoms with Gasteiger partial charge in [-0.05, 0) is 33.9 Å². The average molecular weight is 240 g/mol. The Hall–Kier alpha value is -0.940. The molecule has 1 aromatic rings. The Morgan fingerprint density at radius 2 is 2.24 bits per heavy atom. The van der Waals surface area contributed by atoms with Crippen LogP contribution in [0.4, 0.5) is 0 Å². The second kappa shape index (κ2) is 7.40. The van der Waals surface area contributed by atoms with Gasteiger partial charge in [-0.3, -0.25) is 0 Å². The standard InChI is InChI=1S/C12H24N4O/c1-5-6-15(4)9-12-10-16(14-13-12)7-8-17-11(2)3/h10-11H,5-9H2,1-4H3. The van der Waals surface area contributed by atoms with Crippen molar-refractivity contribution < 1.29 is 4.74 Å². The summed E-state index contributed by atoms with van der Waals surface area (Å²) in [6.07, 6.45) is 3.43. The van der Waals surface area contributed by atoms with Crippen LogP contribution >= 0.6 is 0 Å². The molecular formula is C12H24N4O. The molecule has 5 heteroatoms. The van der Waals surface area contributed by atoms with Crippen LogP contribution in [0.3, 0.4) is 0 Å². The van der Waals surface area contributed by atoms with Crippen molar-refractivity contribution in [3.8, 4) is 0 Å². The first kappa shape index (κ1) is 14.1. The molecule has 0 N–H and O–H groups in total. The molecule has 5 nitrogen and oxygen atoms in total. The second-order valence-corrected chi connectivity index (χ2v) is 4.63. The summed E-state index contributed by atoms with van der Waals surface area (Å²) in [5.74, 6) is 0. The summed E-state index contributed by atoms with van der Waals surface area (Å²) in [7, 11) is 2.10. The number of nitrogens with zero attached hydrogens (tertiary/aromatic N) is 4. The first-order valence-corrected chi connectivity index (χ1v) is 6.31. The number of rotatable bonds is 8. The minimum atomic E-state index is 0.272. The Bertz CT molecular complexity index is 311. The van der Waals surface area contributed by atoms with Gasteiger partial charge in [0.25, 0.3) is 0 Å². The summed E-state index contributed by atoms with van der Waals surface area (Å²) in [5, 5.41) is 8.24. The zero-order valence-corrected chi connectivity index (χ0v) is 11.4. The summed E-state index contributed by atoms with van der Waals surface area (Å²) in [4.78, 5) is 2.25. The van der Waals surface area contributed by atoms with Crippen molar-refractivity contribution in [1.29, 1.82) is 0 Å². The van der Waals surface area contributed by atoms with Gasteiger partial charge in [-0.1, -0.05) is 12.1 Å². The van der Waals surface area contributed by atoms with Crippen LogP contribution < -0.4 is 0 Å². The van der Waals surface area contributed by atoms with Crippen LogP contribution in [0.5, 0.6) is 0 Å². The molecule has 1 aromatic heterocycles. The maximum atomic E-state index is 5.48. The van der Waals surface area contributed by atoms with E-state index in [-0.39, 0.29) is 6.10 Å². The molecule has 0 amide bonds. The van der Waals surface area contributed by atoms with E-state index in [4.69, 9.17) is 4.74 Å². The summed E-state index contributed by atoms with van der Waals surface area (Å²) in [6, 6.07) is 0. The van der Waals surface area contributed by atoms with Crippen molar-refractivity contribution in [1.82, 2.24) is 19.9 Å². The third-order valence-corrected chi connectivity index (χ3v) is 2.39. The van der Waals surface area contributed by atoms with Gasteiger partial charge in [-0.15, -0.1) is 5.10 Å². The maximum absolute atomic E-state index is 5.48. The molecule has 0 aliphatic rings. The van der Waals surface area contributed by atoms with Gasteiger partial charge in [0.1, 0.15) is 0 Å². The normalized spacial score (nSPS) is 11.6. The quantitative estimate of drug-likeness (QED) is 0.691. The number of hydrogen-bond acceptors (Lipinski definition) is 4. The second-order valence-electron chi connectivity index (χ2n) is 4.63. The molecule has 1 heterocycles. The molecule has 0 radical (unpaired) electrons. The van der Waals surface area contributed by atoms with Crippen LogP contribution in [0.15, 0.2) is 6.20 Å².